The highest BCUT2D eigenvalue weighted by Crippen LogP contribution is 2.24. The average Bonchev–Trinajstić information content (AvgIpc) is 2.76. The molecule has 2 aromatic heterocycles. The van der Waals surface area contributed by atoms with E-state index in [-0.39, 0.29) is 6.04 Å². The Hall–Kier alpha value is -0.730. The number of hydrogen-bond donors (Lipinski definition) is 0. The number of aromatic nitrogens is 1. The molecule has 2 heterocycles. The first-order valence-corrected chi connectivity index (χ1v) is 5.55. The van der Waals surface area contributed by atoms with Crippen molar-refractivity contribution < 1.29 is 0 Å². The molecule has 1 unspecified atom stereocenters. The Bertz CT molecular complexity index is 305. The molecular formula is C10H10ClNS. The van der Waals surface area contributed by atoms with Crippen molar-refractivity contribution in [1.29, 1.82) is 0 Å². The topological polar surface area (TPSA) is 4.93 Å². The van der Waals surface area contributed by atoms with Crippen molar-refractivity contribution in [2.45, 2.75) is 6.04 Å². The first-order chi connectivity index (χ1) is 6.42. The fourth-order valence-corrected chi connectivity index (χ4v) is 2.59. The highest BCUT2D eigenvalue weighted by molar-refractivity contribution is 7.10. The minimum atomic E-state index is 0.289. The number of hydrogen-bond acceptors (Lipinski definition) is 1. The van der Waals surface area contributed by atoms with Crippen molar-refractivity contribution in [2.24, 2.45) is 0 Å². The van der Waals surface area contributed by atoms with Crippen LogP contribution < -0.4 is 0 Å². The molecule has 1 atom stereocenters. The summed E-state index contributed by atoms with van der Waals surface area (Å²) in [6, 6.07) is 8.51. The molecule has 0 aliphatic carbocycles. The van der Waals surface area contributed by atoms with Gasteiger partial charge in [0.25, 0.3) is 0 Å². The Balaban J connectivity index is 2.29. The van der Waals surface area contributed by atoms with Gasteiger partial charge in [-0.2, -0.15) is 0 Å². The molecule has 0 saturated carbocycles. The van der Waals surface area contributed by atoms with Crippen molar-refractivity contribution in [1.82, 2.24) is 4.57 Å². The van der Waals surface area contributed by atoms with Crippen LogP contribution in [0.25, 0.3) is 0 Å². The maximum atomic E-state index is 5.94. The zero-order valence-corrected chi connectivity index (χ0v) is 8.63. The van der Waals surface area contributed by atoms with Crippen molar-refractivity contribution in [3.8, 4) is 0 Å². The van der Waals surface area contributed by atoms with Crippen LogP contribution in [0.3, 0.4) is 0 Å². The van der Waals surface area contributed by atoms with Gasteiger partial charge in [-0.1, -0.05) is 6.07 Å². The normalized spacial score (nSPS) is 13.0. The third kappa shape index (κ3) is 1.79. The fourth-order valence-electron chi connectivity index (χ4n) is 1.34. The minimum Gasteiger partial charge on any atom is -0.345 e. The second-order valence-electron chi connectivity index (χ2n) is 2.82. The third-order valence-electron chi connectivity index (χ3n) is 2.01. The van der Waals surface area contributed by atoms with Gasteiger partial charge in [-0.3, -0.25) is 0 Å². The predicted octanol–water partition coefficient (Wildman–Crippen LogP) is 3.38. The molecule has 0 aromatic carbocycles. The number of thiophene rings is 1. The zero-order chi connectivity index (χ0) is 9.10. The quantitative estimate of drug-likeness (QED) is 0.686. The molecule has 0 saturated heterocycles. The van der Waals surface area contributed by atoms with Gasteiger partial charge in [-0.25, -0.2) is 0 Å². The molecule has 0 spiro atoms. The smallest absolute Gasteiger partial charge is 0.0807 e. The molecule has 0 radical (unpaired) electrons. The van der Waals surface area contributed by atoms with E-state index in [1.54, 1.807) is 11.3 Å². The number of rotatable bonds is 3. The van der Waals surface area contributed by atoms with Crippen LogP contribution >= 0.6 is 22.9 Å². The summed E-state index contributed by atoms with van der Waals surface area (Å²) in [5, 5.41) is 2.08. The summed E-state index contributed by atoms with van der Waals surface area (Å²) in [7, 11) is 0. The van der Waals surface area contributed by atoms with E-state index in [1.165, 1.54) is 4.88 Å². The van der Waals surface area contributed by atoms with E-state index in [0.29, 0.717) is 5.88 Å². The summed E-state index contributed by atoms with van der Waals surface area (Å²) in [6.07, 6.45) is 4.10. The Labute approximate surface area is 86.6 Å². The lowest BCUT2D eigenvalue weighted by Gasteiger charge is -2.13. The van der Waals surface area contributed by atoms with Crippen LogP contribution in [0.4, 0.5) is 0 Å². The van der Waals surface area contributed by atoms with E-state index in [9.17, 15) is 0 Å². The fraction of sp³-hybridized carbons (Fsp3) is 0.200. The van der Waals surface area contributed by atoms with Gasteiger partial charge >= 0.3 is 0 Å². The highest BCUT2D eigenvalue weighted by atomic mass is 35.5. The maximum Gasteiger partial charge on any atom is 0.0807 e. The Morgan fingerprint density at radius 1 is 1.31 bits per heavy atom. The first kappa shape index (κ1) is 8.85. The van der Waals surface area contributed by atoms with Crippen LogP contribution in [0.5, 0.6) is 0 Å². The van der Waals surface area contributed by atoms with Gasteiger partial charge in [0.15, 0.2) is 0 Å². The van der Waals surface area contributed by atoms with Crippen LogP contribution in [0, 0.1) is 0 Å². The van der Waals surface area contributed by atoms with Crippen LogP contribution in [0.2, 0.25) is 0 Å². The predicted molar refractivity (Wildman–Crippen MR) is 57.6 cm³/mol. The molecular weight excluding hydrogens is 202 g/mol. The average molecular weight is 212 g/mol. The Morgan fingerprint density at radius 2 is 2.08 bits per heavy atom. The van der Waals surface area contributed by atoms with Crippen LogP contribution in [-0.2, 0) is 0 Å². The second-order valence-corrected chi connectivity index (χ2v) is 4.10. The van der Waals surface area contributed by atoms with Crippen molar-refractivity contribution in [3.63, 3.8) is 0 Å². The Morgan fingerprint density at radius 3 is 2.62 bits per heavy atom. The van der Waals surface area contributed by atoms with Crippen LogP contribution in [-0.4, -0.2) is 10.4 Å². The zero-order valence-electron chi connectivity index (χ0n) is 7.06. The molecule has 2 aromatic rings. The summed E-state index contributed by atoms with van der Waals surface area (Å²) < 4.78 is 2.14. The van der Waals surface area contributed by atoms with E-state index in [1.807, 2.05) is 24.5 Å². The summed E-state index contributed by atoms with van der Waals surface area (Å²) in [6.45, 7) is 0. The molecule has 13 heavy (non-hydrogen) atoms. The van der Waals surface area contributed by atoms with E-state index in [4.69, 9.17) is 11.6 Å². The first-order valence-electron chi connectivity index (χ1n) is 4.13. The monoisotopic (exact) mass is 211 g/mol. The molecule has 0 fully saturated rings. The summed E-state index contributed by atoms with van der Waals surface area (Å²) in [5.74, 6) is 0.620. The van der Waals surface area contributed by atoms with E-state index >= 15 is 0 Å². The summed E-state index contributed by atoms with van der Waals surface area (Å²) in [4.78, 5) is 1.31. The van der Waals surface area contributed by atoms with Gasteiger partial charge in [0, 0.05) is 23.2 Å². The summed E-state index contributed by atoms with van der Waals surface area (Å²) >= 11 is 7.68. The van der Waals surface area contributed by atoms with Gasteiger partial charge in [-0.05, 0) is 23.6 Å². The van der Waals surface area contributed by atoms with E-state index < -0.39 is 0 Å². The molecule has 0 N–H and O–H groups in total. The molecule has 0 aliphatic heterocycles. The van der Waals surface area contributed by atoms with Crippen LogP contribution in [0.1, 0.15) is 10.9 Å². The second kappa shape index (κ2) is 3.99. The lowest BCUT2D eigenvalue weighted by molar-refractivity contribution is 0.661. The lowest BCUT2D eigenvalue weighted by atomic mass is 10.3. The van der Waals surface area contributed by atoms with Gasteiger partial charge in [0.1, 0.15) is 0 Å². The molecule has 3 heteroatoms. The van der Waals surface area contributed by atoms with Crippen molar-refractivity contribution >= 4 is 22.9 Å². The summed E-state index contributed by atoms with van der Waals surface area (Å²) in [5.41, 5.74) is 0. The third-order valence-corrected chi connectivity index (χ3v) is 3.27. The van der Waals surface area contributed by atoms with Crippen LogP contribution in [0.15, 0.2) is 42.0 Å². The molecule has 68 valence electrons. The lowest BCUT2D eigenvalue weighted by Crippen LogP contribution is -2.08. The van der Waals surface area contributed by atoms with Gasteiger partial charge in [0.05, 0.1) is 6.04 Å². The van der Waals surface area contributed by atoms with Gasteiger partial charge in [-0.15, -0.1) is 22.9 Å². The van der Waals surface area contributed by atoms with E-state index in [0.717, 1.165) is 0 Å². The maximum absolute atomic E-state index is 5.94. The molecule has 0 aliphatic rings. The minimum absolute atomic E-state index is 0.289. The number of halogens is 1. The molecule has 0 bridgehead atoms. The largest absolute Gasteiger partial charge is 0.345 e. The van der Waals surface area contributed by atoms with Gasteiger partial charge < -0.3 is 4.57 Å². The number of alkyl halides is 1. The van der Waals surface area contributed by atoms with Crippen molar-refractivity contribution in [3.05, 3.63) is 46.9 Å². The van der Waals surface area contributed by atoms with E-state index in [2.05, 4.69) is 22.1 Å². The molecule has 1 nitrogen and oxygen atoms in total. The molecule has 0 amide bonds. The standard InChI is InChI=1S/C10H10ClNS/c11-8-9(10-4-3-7-13-10)12-5-1-2-6-12/h1-7,9H,8H2. The highest BCUT2D eigenvalue weighted by Gasteiger charge is 2.11. The number of nitrogens with zero attached hydrogens (tertiary/aromatic N) is 1. The SMILES string of the molecule is ClCC(c1cccs1)n1cccc1. The Kier molecular flexibility index (Phi) is 2.71. The molecule has 2 rings (SSSR count). The van der Waals surface area contributed by atoms with Gasteiger partial charge in [0.2, 0.25) is 0 Å². The van der Waals surface area contributed by atoms with Crippen molar-refractivity contribution in [2.75, 3.05) is 5.88 Å².